The molecule has 29 heavy (non-hydrogen) atoms. The van der Waals surface area contributed by atoms with Crippen molar-refractivity contribution in [2.24, 2.45) is 0 Å². The summed E-state index contributed by atoms with van der Waals surface area (Å²) in [5.41, 5.74) is 3.50. The van der Waals surface area contributed by atoms with E-state index in [1.54, 1.807) is 35.5 Å². The summed E-state index contributed by atoms with van der Waals surface area (Å²) >= 11 is 0. The Kier molecular flexibility index (Phi) is 5.39. The first-order valence-electron chi connectivity index (χ1n) is 9.32. The molecule has 2 aromatic carbocycles. The molecule has 0 saturated carbocycles. The summed E-state index contributed by atoms with van der Waals surface area (Å²) in [6.45, 7) is 2.33. The van der Waals surface area contributed by atoms with Gasteiger partial charge in [-0.05, 0) is 30.3 Å². The molecule has 0 aliphatic carbocycles. The molecule has 0 unspecified atom stereocenters. The molecule has 1 aromatic heterocycles. The number of hydrogen-bond acceptors (Lipinski definition) is 6. The van der Waals surface area contributed by atoms with Crippen LogP contribution in [0.1, 0.15) is 10.4 Å². The third-order valence-electron chi connectivity index (χ3n) is 4.81. The molecule has 1 amide bonds. The Balaban J connectivity index is 1.64. The molecule has 1 saturated heterocycles. The minimum atomic E-state index is -0.0115. The van der Waals surface area contributed by atoms with Crippen LogP contribution in [0.15, 0.2) is 54.9 Å². The van der Waals surface area contributed by atoms with Gasteiger partial charge in [0.2, 0.25) is 0 Å². The molecule has 4 rings (SSSR count). The van der Waals surface area contributed by atoms with Crippen LogP contribution in [0.4, 0.5) is 0 Å². The van der Waals surface area contributed by atoms with Gasteiger partial charge in [0.15, 0.2) is 11.5 Å². The van der Waals surface area contributed by atoms with Gasteiger partial charge < -0.3 is 19.5 Å². The van der Waals surface area contributed by atoms with Crippen molar-refractivity contribution in [1.82, 2.24) is 14.9 Å². The van der Waals surface area contributed by atoms with Gasteiger partial charge in [-0.3, -0.25) is 9.78 Å². The number of phenols is 1. The zero-order valence-corrected chi connectivity index (χ0v) is 16.0. The number of ether oxygens (including phenoxy) is 2. The van der Waals surface area contributed by atoms with Crippen LogP contribution in [0.5, 0.6) is 11.5 Å². The van der Waals surface area contributed by atoms with Crippen LogP contribution in [-0.2, 0) is 4.74 Å². The molecular weight excluding hydrogens is 370 g/mol. The van der Waals surface area contributed by atoms with Crippen LogP contribution in [0, 0.1) is 0 Å². The Hall–Kier alpha value is -3.45. The largest absolute Gasteiger partial charge is 0.504 e. The number of aromatic hydroxyl groups is 1. The third-order valence-corrected chi connectivity index (χ3v) is 4.81. The van der Waals surface area contributed by atoms with E-state index in [2.05, 4.69) is 9.97 Å². The highest BCUT2D eigenvalue weighted by Gasteiger charge is 2.19. The maximum absolute atomic E-state index is 12.8. The number of phenolic OH excluding ortho intramolecular Hbond substituents is 1. The molecule has 1 N–H and O–H groups in total. The normalized spacial score (nSPS) is 13.9. The molecule has 148 valence electrons. The Bertz CT molecular complexity index is 1030. The summed E-state index contributed by atoms with van der Waals surface area (Å²) in [7, 11) is 1.50. The van der Waals surface area contributed by atoms with E-state index in [4.69, 9.17) is 9.47 Å². The first-order chi connectivity index (χ1) is 14.2. The van der Waals surface area contributed by atoms with Crippen LogP contribution in [0.25, 0.3) is 22.5 Å². The van der Waals surface area contributed by atoms with Gasteiger partial charge in [0.1, 0.15) is 0 Å². The van der Waals surface area contributed by atoms with Gasteiger partial charge in [0, 0.05) is 29.8 Å². The molecule has 7 heteroatoms. The molecule has 2 heterocycles. The van der Waals surface area contributed by atoms with Gasteiger partial charge in [0.25, 0.3) is 5.91 Å². The lowest BCUT2D eigenvalue weighted by Gasteiger charge is -2.27. The topological polar surface area (TPSA) is 84.8 Å². The molecule has 0 bridgehead atoms. The first-order valence-corrected chi connectivity index (χ1v) is 9.32. The number of aromatic nitrogens is 2. The standard InChI is InChI=1S/C22H21N3O4/c1-28-21-12-16(5-6-20(21)26)19-14-23-13-18(24-19)15-3-2-4-17(11-15)22(27)25-7-9-29-10-8-25/h2-6,11-14,26H,7-10H2,1H3. The molecule has 1 aliphatic heterocycles. The zero-order valence-electron chi connectivity index (χ0n) is 16.0. The van der Waals surface area contributed by atoms with Crippen LogP contribution < -0.4 is 4.74 Å². The summed E-state index contributed by atoms with van der Waals surface area (Å²) in [6.07, 6.45) is 3.32. The maximum Gasteiger partial charge on any atom is 0.254 e. The summed E-state index contributed by atoms with van der Waals surface area (Å²) in [5.74, 6) is 0.421. The number of amides is 1. The molecule has 1 fully saturated rings. The Labute approximate surface area is 168 Å². The molecule has 0 radical (unpaired) electrons. The molecule has 0 spiro atoms. The van der Waals surface area contributed by atoms with Gasteiger partial charge in [-0.25, -0.2) is 4.98 Å². The van der Waals surface area contributed by atoms with Crippen molar-refractivity contribution < 1.29 is 19.4 Å². The van der Waals surface area contributed by atoms with Gasteiger partial charge in [-0.1, -0.05) is 12.1 Å². The lowest BCUT2D eigenvalue weighted by molar-refractivity contribution is 0.0303. The average molecular weight is 391 g/mol. The predicted molar refractivity (Wildman–Crippen MR) is 108 cm³/mol. The molecular formula is C22H21N3O4. The Morgan fingerprint density at radius 1 is 1.07 bits per heavy atom. The van der Waals surface area contributed by atoms with Gasteiger partial charge >= 0.3 is 0 Å². The number of methoxy groups -OCH3 is 1. The van der Waals surface area contributed by atoms with Crippen molar-refractivity contribution in [3.8, 4) is 34.0 Å². The minimum absolute atomic E-state index is 0.0115. The second-order valence-electron chi connectivity index (χ2n) is 6.66. The van der Waals surface area contributed by atoms with Crippen LogP contribution in [-0.4, -0.2) is 59.3 Å². The number of nitrogens with zero attached hydrogens (tertiary/aromatic N) is 3. The van der Waals surface area contributed by atoms with Crippen molar-refractivity contribution >= 4 is 5.91 Å². The van der Waals surface area contributed by atoms with E-state index in [1.807, 2.05) is 24.3 Å². The van der Waals surface area contributed by atoms with E-state index < -0.39 is 0 Å². The summed E-state index contributed by atoms with van der Waals surface area (Å²) in [6, 6.07) is 12.4. The van der Waals surface area contributed by atoms with Crippen molar-refractivity contribution in [2.45, 2.75) is 0 Å². The second kappa shape index (κ2) is 8.28. The highest BCUT2D eigenvalue weighted by Crippen LogP contribution is 2.31. The quantitative estimate of drug-likeness (QED) is 0.736. The zero-order chi connectivity index (χ0) is 20.2. The highest BCUT2D eigenvalue weighted by atomic mass is 16.5. The van der Waals surface area contributed by atoms with Crippen LogP contribution in [0.2, 0.25) is 0 Å². The summed E-state index contributed by atoms with van der Waals surface area (Å²) in [4.78, 5) is 23.6. The Morgan fingerprint density at radius 2 is 1.79 bits per heavy atom. The monoisotopic (exact) mass is 391 g/mol. The van der Waals surface area contributed by atoms with Crippen LogP contribution in [0.3, 0.4) is 0 Å². The highest BCUT2D eigenvalue weighted by molar-refractivity contribution is 5.95. The average Bonchev–Trinajstić information content (AvgIpc) is 2.79. The molecule has 3 aromatic rings. The number of rotatable bonds is 4. The van der Waals surface area contributed by atoms with E-state index in [0.29, 0.717) is 49.0 Å². The predicted octanol–water partition coefficient (Wildman–Crippen LogP) is 3.00. The van der Waals surface area contributed by atoms with E-state index in [0.717, 1.165) is 11.1 Å². The SMILES string of the molecule is COc1cc(-c2cncc(-c3cccc(C(=O)N4CCOCC4)c3)n2)ccc1O. The number of benzene rings is 2. The van der Waals surface area contributed by atoms with Crippen LogP contribution >= 0.6 is 0 Å². The number of carbonyl (C=O) groups is 1. The van der Waals surface area contributed by atoms with Gasteiger partial charge in [-0.15, -0.1) is 0 Å². The van der Waals surface area contributed by atoms with Crippen molar-refractivity contribution in [3.63, 3.8) is 0 Å². The fourth-order valence-electron chi connectivity index (χ4n) is 3.24. The van der Waals surface area contributed by atoms with Gasteiger partial charge in [0.05, 0.1) is 44.1 Å². The minimum Gasteiger partial charge on any atom is -0.504 e. The molecule has 1 aliphatic rings. The maximum atomic E-state index is 12.8. The van der Waals surface area contributed by atoms with E-state index in [1.165, 1.54) is 7.11 Å². The molecule has 0 atom stereocenters. The summed E-state index contributed by atoms with van der Waals surface area (Å²) in [5, 5.41) is 9.80. The Morgan fingerprint density at radius 3 is 2.52 bits per heavy atom. The van der Waals surface area contributed by atoms with Crippen molar-refractivity contribution in [3.05, 3.63) is 60.4 Å². The fraction of sp³-hybridized carbons (Fsp3) is 0.227. The van der Waals surface area contributed by atoms with Crippen molar-refractivity contribution in [2.75, 3.05) is 33.4 Å². The van der Waals surface area contributed by atoms with E-state index >= 15 is 0 Å². The summed E-state index contributed by atoms with van der Waals surface area (Å²) < 4.78 is 10.5. The van der Waals surface area contributed by atoms with E-state index in [9.17, 15) is 9.90 Å². The first kappa shape index (κ1) is 18.9. The molecule has 7 nitrogen and oxygen atoms in total. The third kappa shape index (κ3) is 4.05. The van der Waals surface area contributed by atoms with E-state index in [-0.39, 0.29) is 11.7 Å². The lowest BCUT2D eigenvalue weighted by atomic mass is 10.1. The fourth-order valence-corrected chi connectivity index (χ4v) is 3.24. The van der Waals surface area contributed by atoms with Crippen molar-refractivity contribution in [1.29, 1.82) is 0 Å². The second-order valence-corrected chi connectivity index (χ2v) is 6.66. The van der Waals surface area contributed by atoms with Gasteiger partial charge in [-0.2, -0.15) is 0 Å². The number of morpholine rings is 1. The smallest absolute Gasteiger partial charge is 0.254 e. The number of carbonyl (C=O) groups excluding carboxylic acids is 1. The number of hydrogen-bond donors (Lipinski definition) is 1. The lowest BCUT2D eigenvalue weighted by Crippen LogP contribution is -2.40.